The highest BCUT2D eigenvalue weighted by molar-refractivity contribution is 5.78. The Morgan fingerprint density at radius 3 is 2.41 bits per heavy atom. The number of nitrogens with zero attached hydrogens (tertiary/aromatic N) is 1. The van der Waals surface area contributed by atoms with Crippen molar-refractivity contribution >= 4 is 17.3 Å². The topological polar surface area (TPSA) is 164 Å². The molecule has 0 radical (unpaired) electrons. The molecule has 4 atom stereocenters. The van der Waals surface area contributed by atoms with Crippen molar-refractivity contribution in [2.45, 2.75) is 24.4 Å². The number of carbonyl (C=O) groups is 1. The molecule has 1 aliphatic carbocycles. The van der Waals surface area contributed by atoms with Gasteiger partial charge in [-0.25, -0.2) is 4.98 Å². The third-order valence-corrected chi connectivity index (χ3v) is 3.80. The maximum atomic E-state index is 11.2. The van der Waals surface area contributed by atoms with E-state index in [9.17, 15) is 9.59 Å². The van der Waals surface area contributed by atoms with Crippen LogP contribution >= 0.6 is 0 Å². The van der Waals surface area contributed by atoms with Crippen LogP contribution in [0.3, 0.4) is 0 Å². The number of nitrogens with one attached hydrogen (secondary N) is 1. The summed E-state index contributed by atoms with van der Waals surface area (Å²) >= 11 is 0. The molecule has 2 aliphatic rings. The summed E-state index contributed by atoms with van der Waals surface area (Å²) in [6.07, 6.45) is -6.84. The van der Waals surface area contributed by atoms with Gasteiger partial charge in [0, 0.05) is 6.07 Å². The van der Waals surface area contributed by atoms with E-state index in [-0.39, 0.29) is 11.7 Å². The van der Waals surface area contributed by atoms with Crippen LogP contribution in [0.5, 0.6) is 0 Å². The third kappa shape index (κ3) is 5.16. The average Bonchev–Trinajstić information content (AvgIpc) is 2.70. The Labute approximate surface area is 153 Å². The number of aromatic nitrogens is 2. The number of hydrogen-bond donors (Lipinski definition) is 6. The van der Waals surface area contributed by atoms with E-state index < -0.39 is 31.0 Å². The molecule has 0 bridgehead atoms. The lowest BCUT2D eigenvalue weighted by molar-refractivity contribution is -0.136. The van der Waals surface area contributed by atoms with Crippen molar-refractivity contribution in [2.24, 2.45) is 0 Å². The fraction of sp³-hybridized carbons (Fsp3) is 0.278. The second kappa shape index (κ2) is 9.31. The van der Waals surface area contributed by atoms with Gasteiger partial charge in [-0.15, -0.1) is 0 Å². The lowest BCUT2D eigenvalue weighted by Crippen LogP contribution is -2.46. The smallest absolute Gasteiger partial charge is 0.180 e. The summed E-state index contributed by atoms with van der Waals surface area (Å²) in [6.45, 7) is -0.760. The average molecular weight is 376 g/mol. The molecular weight excluding hydrogens is 356 g/mol. The number of aromatic amines is 1. The number of rotatable bonds is 5. The molecule has 0 saturated heterocycles. The first kappa shape index (κ1) is 20.6. The first-order chi connectivity index (χ1) is 12.9. The van der Waals surface area contributed by atoms with E-state index in [1.165, 1.54) is 6.07 Å². The van der Waals surface area contributed by atoms with Crippen LogP contribution < -0.4 is 5.43 Å². The molecule has 0 fully saturated rings. The van der Waals surface area contributed by atoms with Gasteiger partial charge in [0.15, 0.2) is 11.7 Å². The first-order valence-corrected chi connectivity index (χ1v) is 8.04. The molecule has 9 nitrogen and oxygen atoms in total. The molecule has 3 rings (SSSR count). The molecule has 1 aromatic carbocycles. The van der Waals surface area contributed by atoms with Crippen LogP contribution in [0.2, 0.25) is 0 Å². The van der Waals surface area contributed by atoms with Gasteiger partial charge in [-0.1, -0.05) is 12.1 Å². The van der Waals surface area contributed by atoms with Gasteiger partial charge < -0.3 is 35.3 Å². The Kier molecular flexibility index (Phi) is 7.11. The number of fused-ring (bicyclic) bond motifs is 2. The van der Waals surface area contributed by atoms with Crippen molar-refractivity contribution in [2.75, 3.05) is 6.61 Å². The molecule has 1 aromatic rings. The van der Waals surface area contributed by atoms with Gasteiger partial charge in [-0.2, -0.15) is 0 Å². The highest BCUT2D eigenvalue weighted by Gasteiger charge is 2.29. The molecule has 1 aliphatic heterocycles. The van der Waals surface area contributed by atoms with Crippen molar-refractivity contribution in [3.05, 3.63) is 52.7 Å². The Hall–Kier alpha value is -2.69. The number of para-hydroxylation sites is 2. The summed E-state index contributed by atoms with van der Waals surface area (Å²) in [6, 6.07) is 12.6. The van der Waals surface area contributed by atoms with Gasteiger partial charge in [-0.05, 0) is 24.3 Å². The maximum absolute atomic E-state index is 11.2. The molecule has 27 heavy (non-hydrogen) atoms. The summed E-state index contributed by atoms with van der Waals surface area (Å²) in [7, 11) is 0. The van der Waals surface area contributed by atoms with Gasteiger partial charge in [0.1, 0.15) is 24.4 Å². The summed E-state index contributed by atoms with van der Waals surface area (Å²) in [5.41, 5.74) is 3.43. The third-order valence-electron chi connectivity index (χ3n) is 3.80. The molecule has 0 aromatic heterocycles. The van der Waals surface area contributed by atoms with Crippen molar-refractivity contribution in [1.82, 2.24) is 9.97 Å². The SMILES string of the molecule is O=C[C@H](O)[C@@H](O)[C@H](O)[C@H](O)CO.O=c1ccc2nc3ccccc3[nH]c-2c1. The Morgan fingerprint density at radius 1 is 1.04 bits per heavy atom. The van der Waals surface area contributed by atoms with E-state index >= 15 is 0 Å². The van der Waals surface area contributed by atoms with Crippen LogP contribution in [0.1, 0.15) is 0 Å². The van der Waals surface area contributed by atoms with Gasteiger partial charge in [0.05, 0.1) is 29.0 Å². The zero-order valence-corrected chi connectivity index (χ0v) is 14.1. The zero-order valence-electron chi connectivity index (χ0n) is 14.1. The van der Waals surface area contributed by atoms with Gasteiger partial charge in [-0.3, -0.25) is 4.79 Å². The number of benzene rings is 2. The predicted octanol–water partition coefficient (Wildman–Crippen LogP) is -1.35. The molecule has 0 spiro atoms. The summed E-state index contributed by atoms with van der Waals surface area (Å²) < 4.78 is 0. The molecule has 0 unspecified atom stereocenters. The molecule has 6 N–H and O–H groups in total. The summed E-state index contributed by atoms with van der Waals surface area (Å²) in [4.78, 5) is 28.7. The lowest BCUT2D eigenvalue weighted by atomic mass is 10.0. The summed E-state index contributed by atoms with van der Waals surface area (Å²) in [5.74, 6) is 0. The van der Waals surface area contributed by atoms with Gasteiger partial charge >= 0.3 is 0 Å². The van der Waals surface area contributed by atoms with Crippen LogP contribution in [-0.2, 0) is 4.79 Å². The van der Waals surface area contributed by atoms with Crippen molar-refractivity contribution in [1.29, 1.82) is 0 Å². The van der Waals surface area contributed by atoms with Crippen LogP contribution in [0, 0.1) is 0 Å². The minimum Gasteiger partial charge on any atom is -0.394 e. The van der Waals surface area contributed by atoms with Crippen LogP contribution in [0.25, 0.3) is 22.4 Å². The molecule has 9 heteroatoms. The van der Waals surface area contributed by atoms with E-state index in [1.54, 1.807) is 12.1 Å². The van der Waals surface area contributed by atoms with Crippen molar-refractivity contribution < 1.29 is 30.3 Å². The highest BCUT2D eigenvalue weighted by atomic mass is 16.4. The van der Waals surface area contributed by atoms with E-state index in [2.05, 4.69) is 9.97 Å². The van der Waals surface area contributed by atoms with E-state index in [1.807, 2.05) is 24.3 Å². The van der Waals surface area contributed by atoms with Crippen LogP contribution in [0.15, 0.2) is 47.3 Å². The zero-order chi connectivity index (χ0) is 20.0. The second-order valence-electron chi connectivity index (χ2n) is 5.79. The first-order valence-electron chi connectivity index (χ1n) is 8.04. The number of aldehydes is 1. The fourth-order valence-corrected chi connectivity index (χ4v) is 2.28. The van der Waals surface area contributed by atoms with E-state index in [0.717, 1.165) is 22.4 Å². The number of hydrogen-bond acceptors (Lipinski definition) is 8. The molecule has 0 saturated carbocycles. The minimum atomic E-state index is -1.79. The number of aliphatic hydroxyl groups is 5. The quantitative estimate of drug-likeness (QED) is 0.235. The summed E-state index contributed by atoms with van der Waals surface area (Å²) in [5, 5.41) is 43.5. The minimum absolute atomic E-state index is 0.00386. The van der Waals surface area contributed by atoms with Gasteiger partial charge in [0.25, 0.3) is 0 Å². The highest BCUT2D eigenvalue weighted by Crippen LogP contribution is 2.18. The fourth-order valence-electron chi connectivity index (χ4n) is 2.28. The van der Waals surface area contributed by atoms with E-state index in [4.69, 9.17) is 25.5 Å². The lowest BCUT2D eigenvalue weighted by Gasteiger charge is -2.22. The van der Waals surface area contributed by atoms with E-state index in [0.29, 0.717) is 0 Å². The van der Waals surface area contributed by atoms with Crippen LogP contribution in [-0.4, -0.2) is 72.8 Å². The standard InChI is InChI=1S/C12H8N2O.C6H12O6/c15-8-5-6-11-12(7-8)14-10-4-2-1-3-9(10)13-11;7-1-3(9)5(11)6(12)4(10)2-8/h1-7,14H;1,3-6,8-12H,2H2/t;3-,4+,5+,6+/m.0/s1. The molecular formula is C18H20N2O7. The molecule has 0 amide bonds. The second-order valence-corrected chi connectivity index (χ2v) is 5.79. The van der Waals surface area contributed by atoms with Crippen LogP contribution in [0.4, 0.5) is 0 Å². The maximum Gasteiger partial charge on any atom is 0.180 e. The monoisotopic (exact) mass is 376 g/mol. The Balaban J connectivity index is 0.000000201. The number of H-pyrrole nitrogens is 1. The number of carbonyl (C=O) groups excluding carboxylic acids is 1. The molecule has 1 heterocycles. The Bertz CT molecular complexity index is 913. The van der Waals surface area contributed by atoms with Crippen molar-refractivity contribution in [3.63, 3.8) is 0 Å². The molecule has 144 valence electrons. The number of aliphatic hydroxyl groups excluding tert-OH is 5. The normalized spacial score (nSPS) is 15.4. The largest absolute Gasteiger partial charge is 0.394 e. The Morgan fingerprint density at radius 2 is 1.74 bits per heavy atom. The predicted molar refractivity (Wildman–Crippen MR) is 96.2 cm³/mol. The van der Waals surface area contributed by atoms with Gasteiger partial charge in [0.2, 0.25) is 0 Å². The van der Waals surface area contributed by atoms with Crippen molar-refractivity contribution in [3.8, 4) is 11.4 Å².